The molecule has 0 bridgehead atoms. The van der Waals surface area contributed by atoms with Crippen molar-refractivity contribution in [3.63, 3.8) is 0 Å². The number of imidazole rings is 1. The van der Waals surface area contributed by atoms with E-state index in [-0.39, 0.29) is 12.6 Å². The number of nitrogens with two attached hydrogens (primary N) is 1. The van der Waals surface area contributed by atoms with Crippen LogP contribution >= 0.6 is 11.6 Å². The average Bonchev–Trinajstić information content (AvgIpc) is 3.00. The van der Waals surface area contributed by atoms with Gasteiger partial charge < -0.3 is 20.7 Å². The van der Waals surface area contributed by atoms with Gasteiger partial charge in [-0.1, -0.05) is 17.5 Å². The Balaban J connectivity index is 2.14. The van der Waals surface area contributed by atoms with Crippen LogP contribution in [0.15, 0.2) is 12.5 Å². The maximum absolute atomic E-state index is 10.3. The Kier molecular flexibility index (Phi) is 3.66. The van der Waals surface area contributed by atoms with Crippen molar-refractivity contribution in [1.29, 1.82) is 0 Å². The maximum Gasteiger partial charge on any atom is 0.222 e. The molecular formula is C13H14ClN5O3. The number of aliphatic hydroxyl groups is 2. The molecule has 1 aliphatic heterocycles. The number of aliphatic hydroxyl groups excluding tert-OH is 2. The van der Waals surface area contributed by atoms with E-state index in [1.54, 1.807) is 6.92 Å². The van der Waals surface area contributed by atoms with Crippen LogP contribution in [0.25, 0.3) is 11.2 Å². The van der Waals surface area contributed by atoms with Gasteiger partial charge in [-0.25, -0.2) is 9.97 Å². The number of hydrogen-bond acceptors (Lipinski definition) is 7. The number of hydrogen-bond donors (Lipinski definition) is 3. The number of alkyl halides is 1. The van der Waals surface area contributed by atoms with Gasteiger partial charge in [0.05, 0.1) is 19.1 Å². The summed E-state index contributed by atoms with van der Waals surface area (Å²) in [5.41, 5.74) is 6.51. The summed E-state index contributed by atoms with van der Waals surface area (Å²) in [6, 6.07) is 0. The Bertz CT molecular complexity index is 770. The van der Waals surface area contributed by atoms with Crippen LogP contribution in [0.5, 0.6) is 0 Å². The lowest BCUT2D eigenvalue weighted by molar-refractivity contribution is -0.0436. The Morgan fingerprint density at radius 3 is 3.00 bits per heavy atom. The summed E-state index contributed by atoms with van der Waals surface area (Å²) in [6.07, 6.45) is 0.0239. The molecular weight excluding hydrogens is 310 g/mol. The molecule has 22 heavy (non-hydrogen) atoms. The molecule has 9 heteroatoms. The molecule has 0 spiro atoms. The molecule has 8 nitrogen and oxygen atoms in total. The van der Waals surface area contributed by atoms with Crippen LogP contribution < -0.4 is 5.73 Å². The van der Waals surface area contributed by atoms with Crippen molar-refractivity contribution in [3.8, 4) is 11.8 Å². The van der Waals surface area contributed by atoms with Crippen molar-refractivity contribution >= 4 is 28.7 Å². The molecule has 0 saturated carbocycles. The van der Waals surface area contributed by atoms with Crippen molar-refractivity contribution in [2.24, 2.45) is 0 Å². The average molecular weight is 324 g/mol. The normalized spacial score (nSPS) is 31.2. The van der Waals surface area contributed by atoms with Gasteiger partial charge in [0.15, 0.2) is 16.7 Å². The van der Waals surface area contributed by atoms with Gasteiger partial charge in [-0.05, 0) is 6.92 Å². The number of ether oxygens (including phenoxy) is 1. The molecule has 116 valence electrons. The first-order valence-corrected chi connectivity index (χ1v) is 6.91. The molecule has 1 unspecified atom stereocenters. The molecule has 4 atom stereocenters. The van der Waals surface area contributed by atoms with E-state index in [9.17, 15) is 10.2 Å². The summed E-state index contributed by atoms with van der Waals surface area (Å²) in [5, 5.41) is 19.7. The first-order chi connectivity index (χ1) is 10.5. The van der Waals surface area contributed by atoms with Crippen molar-refractivity contribution in [2.45, 2.75) is 30.2 Å². The SMILES string of the molecule is CC#C[C@@]1(Cl)C(O)[C@@H](CO)O[C@H]1n1cnc2cnc(N)nc21. The summed E-state index contributed by atoms with van der Waals surface area (Å²) in [6.45, 7) is 1.22. The van der Waals surface area contributed by atoms with E-state index in [0.29, 0.717) is 11.2 Å². The molecule has 0 radical (unpaired) electrons. The van der Waals surface area contributed by atoms with Crippen LogP contribution in [0.2, 0.25) is 0 Å². The van der Waals surface area contributed by atoms with Gasteiger partial charge >= 0.3 is 0 Å². The predicted octanol–water partition coefficient (Wildman–Crippen LogP) is -0.340. The van der Waals surface area contributed by atoms with Crippen LogP contribution in [-0.2, 0) is 4.74 Å². The Morgan fingerprint density at radius 2 is 2.32 bits per heavy atom. The van der Waals surface area contributed by atoms with Crippen molar-refractivity contribution < 1.29 is 14.9 Å². The first kappa shape index (κ1) is 15.0. The third kappa shape index (κ3) is 2.10. The second-order valence-corrected chi connectivity index (χ2v) is 5.51. The fraction of sp³-hybridized carbons (Fsp3) is 0.462. The van der Waals surface area contributed by atoms with Gasteiger partial charge in [0.25, 0.3) is 0 Å². The van der Waals surface area contributed by atoms with Gasteiger partial charge in [-0.2, -0.15) is 4.98 Å². The highest BCUT2D eigenvalue weighted by molar-refractivity contribution is 6.27. The van der Waals surface area contributed by atoms with E-state index in [2.05, 4.69) is 26.8 Å². The number of halogens is 1. The quantitative estimate of drug-likeness (QED) is 0.511. The summed E-state index contributed by atoms with van der Waals surface area (Å²) < 4.78 is 7.20. The van der Waals surface area contributed by atoms with Gasteiger partial charge in [-0.3, -0.25) is 4.57 Å². The number of anilines is 1. The van der Waals surface area contributed by atoms with Gasteiger partial charge in [0.2, 0.25) is 5.95 Å². The minimum absolute atomic E-state index is 0.0771. The topological polar surface area (TPSA) is 119 Å². The highest BCUT2D eigenvalue weighted by atomic mass is 35.5. The molecule has 1 saturated heterocycles. The number of fused-ring (bicyclic) bond motifs is 1. The fourth-order valence-electron chi connectivity index (χ4n) is 2.51. The zero-order chi connectivity index (χ0) is 15.9. The van der Waals surface area contributed by atoms with Crippen molar-refractivity contribution in [3.05, 3.63) is 12.5 Å². The number of rotatable bonds is 2. The Morgan fingerprint density at radius 1 is 1.55 bits per heavy atom. The Labute approximate surface area is 130 Å². The van der Waals surface area contributed by atoms with Crippen molar-refractivity contribution in [1.82, 2.24) is 19.5 Å². The molecule has 3 rings (SSSR count). The standard InChI is InChI=1S/C13H14ClN5O3/c1-2-3-13(14)9(21)8(5-20)22-11(13)19-6-17-7-4-16-12(15)18-10(7)19/h4,6,8-9,11,20-21H,5H2,1H3,(H2,15,16,18)/t8-,9?,11-,13-/m1/s1. The van der Waals surface area contributed by atoms with Gasteiger partial charge in [-0.15, -0.1) is 5.92 Å². The summed E-state index contributed by atoms with van der Waals surface area (Å²) >= 11 is 6.51. The molecule has 1 aliphatic rings. The third-order valence-electron chi connectivity index (χ3n) is 3.53. The van der Waals surface area contributed by atoms with E-state index in [4.69, 9.17) is 22.1 Å². The molecule has 3 heterocycles. The first-order valence-electron chi connectivity index (χ1n) is 6.53. The lowest BCUT2D eigenvalue weighted by Crippen LogP contribution is -2.41. The van der Waals surface area contributed by atoms with Gasteiger partial charge in [0, 0.05) is 0 Å². The van der Waals surface area contributed by atoms with Crippen LogP contribution in [-0.4, -0.2) is 53.4 Å². The van der Waals surface area contributed by atoms with E-state index >= 15 is 0 Å². The lowest BCUT2D eigenvalue weighted by atomic mass is 9.99. The highest BCUT2D eigenvalue weighted by Crippen LogP contribution is 2.44. The predicted molar refractivity (Wildman–Crippen MR) is 78.8 cm³/mol. The lowest BCUT2D eigenvalue weighted by Gasteiger charge is -2.25. The summed E-state index contributed by atoms with van der Waals surface area (Å²) in [7, 11) is 0. The van der Waals surface area contributed by atoms with Crippen molar-refractivity contribution in [2.75, 3.05) is 12.3 Å². The molecule has 0 aliphatic carbocycles. The highest BCUT2D eigenvalue weighted by Gasteiger charge is 2.55. The molecule has 2 aromatic heterocycles. The summed E-state index contributed by atoms with van der Waals surface area (Å²) in [5.74, 6) is 5.52. The van der Waals surface area contributed by atoms with E-state index in [1.807, 2.05) is 0 Å². The second-order valence-electron chi connectivity index (χ2n) is 4.89. The van der Waals surface area contributed by atoms with E-state index < -0.39 is 23.3 Å². The molecule has 0 aromatic carbocycles. The number of nitrogens with zero attached hydrogens (tertiary/aromatic N) is 4. The molecule has 1 fully saturated rings. The minimum Gasteiger partial charge on any atom is -0.394 e. The maximum atomic E-state index is 10.3. The monoisotopic (exact) mass is 323 g/mol. The van der Waals surface area contributed by atoms with Crippen LogP contribution in [0.4, 0.5) is 5.95 Å². The fourth-order valence-corrected chi connectivity index (χ4v) is 2.90. The second kappa shape index (κ2) is 5.37. The van der Waals surface area contributed by atoms with Crippen LogP contribution in [0.1, 0.15) is 13.2 Å². The van der Waals surface area contributed by atoms with E-state index in [1.165, 1.54) is 17.1 Å². The molecule has 4 N–H and O–H groups in total. The number of nitrogen functional groups attached to an aromatic ring is 1. The summed E-state index contributed by atoms with van der Waals surface area (Å²) in [4.78, 5) is 10.7. The van der Waals surface area contributed by atoms with E-state index in [0.717, 1.165) is 0 Å². The Hall–Kier alpha value is -1.92. The van der Waals surface area contributed by atoms with Gasteiger partial charge in [0.1, 0.15) is 17.7 Å². The zero-order valence-corrected chi connectivity index (χ0v) is 12.4. The smallest absolute Gasteiger partial charge is 0.222 e. The minimum atomic E-state index is -1.44. The largest absolute Gasteiger partial charge is 0.394 e. The van der Waals surface area contributed by atoms with Crippen LogP contribution in [0, 0.1) is 11.8 Å². The third-order valence-corrected chi connectivity index (χ3v) is 4.03. The molecule has 0 amide bonds. The zero-order valence-electron chi connectivity index (χ0n) is 11.6. The number of aromatic nitrogens is 4. The van der Waals surface area contributed by atoms with Crippen LogP contribution in [0.3, 0.4) is 0 Å². The molecule has 2 aromatic rings.